The average molecular weight is 333 g/mol. The summed E-state index contributed by atoms with van der Waals surface area (Å²) < 4.78 is 6.23. The quantitative estimate of drug-likeness (QED) is 0.590. The van der Waals surface area contributed by atoms with Gasteiger partial charge in [-0.15, -0.1) is 0 Å². The zero-order chi connectivity index (χ0) is 15.6. The fraction of sp³-hybridized carbons (Fsp3) is 0.625. The van der Waals surface area contributed by atoms with Crippen molar-refractivity contribution in [3.63, 3.8) is 0 Å². The van der Waals surface area contributed by atoms with E-state index < -0.39 is 8.32 Å². The van der Waals surface area contributed by atoms with Crippen LogP contribution in [-0.4, -0.2) is 14.9 Å². The minimum atomic E-state index is -1.67. The van der Waals surface area contributed by atoms with Crippen LogP contribution in [0.4, 0.5) is 0 Å². The van der Waals surface area contributed by atoms with Gasteiger partial charge in [0.25, 0.3) is 0 Å². The number of hydrogen-bond acceptors (Lipinski definition) is 1. The van der Waals surface area contributed by atoms with Crippen LogP contribution < -0.4 is 0 Å². The molecule has 0 N–H and O–H groups in total. The molecule has 0 fully saturated rings. The molecule has 1 rings (SSSR count). The fourth-order valence-electron chi connectivity index (χ4n) is 1.82. The lowest BCUT2D eigenvalue weighted by molar-refractivity contribution is 0.291. The topological polar surface area (TPSA) is 9.23 Å². The molecule has 0 heterocycles. The van der Waals surface area contributed by atoms with E-state index in [1.54, 1.807) is 0 Å². The Balaban J connectivity index is 2.74. The van der Waals surface area contributed by atoms with Gasteiger partial charge in [-0.3, -0.25) is 0 Å². The second-order valence-electron chi connectivity index (χ2n) is 6.75. The summed E-state index contributed by atoms with van der Waals surface area (Å²) in [6, 6.07) is 3.96. The van der Waals surface area contributed by atoms with Crippen molar-refractivity contribution in [2.75, 3.05) is 6.61 Å². The summed E-state index contributed by atoms with van der Waals surface area (Å²) in [6.45, 7) is 14.2. The first-order valence-electron chi connectivity index (χ1n) is 7.19. The Morgan fingerprint density at radius 2 is 1.55 bits per heavy atom. The van der Waals surface area contributed by atoms with Crippen molar-refractivity contribution in [3.05, 3.63) is 33.3 Å². The van der Waals surface area contributed by atoms with Crippen LogP contribution in [0.25, 0.3) is 0 Å². The largest absolute Gasteiger partial charge is 0.416 e. The van der Waals surface area contributed by atoms with E-state index in [2.05, 4.69) is 40.8 Å². The third-order valence-corrected chi connectivity index (χ3v) is 9.52. The van der Waals surface area contributed by atoms with Crippen LogP contribution >= 0.6 is 23.2 Å². The molecule has 0 atom stereocenters. The molecule has 0 saturated heterocycles. The van der Waals surface area contributed by atoms with Gasteiger partial charge in [-0.25, -0.2) is 0 Å². The number of halogens is 2. The van der Waals surface area contributed by atoms with E-state index in [4.69, 9.17) is 27.6 Å². The van der Waals surface area contributed by atoms with Gasteiger partial charge >= 0.3 is 0 Å². The minimum absolute atomic E-state index is 0.248. The monoisotopic (exact) mass is 332 g/mol. The highest BCUT2D eigenvalue weighted by Crippen LogP contribution is 2.36. The lowest BCUT2D eigenvalue weighted by Crippen LogP contribution is -2.41. The summed E-state index contributed by atoms with van der Waals surface area (Å²) in [5.41, 5.74) is 2.51. The Hall–Kier alpha value is -0.0231. The SMILES string of the molecule is CCc1cc(Cl)c(Cl)cc1CCO[Si](C)(C)C(C)(C)C. The molecule has 0 aliphatic rings. The molecule has 0 spiro atoms. The molecule has 1 aromatic carbocycles. The van der Waals surface area contributed by atoms with Crippen LogP contribution in [0, 0.1) is 0 Å². The summed E-state index contributed by atoms with van der Waals surface area (Å²) in [5, 5.41) is 1.52. The Labute approximate surface area is 134 Å². The number of benzene rings is 1. The van der Waals surface area contributed by atoms with Crippen LogP contribution in [0.5, 0.6) is 0 Å². The summed E-state index contributed by atoms with van der Waals surface area (Å²) in [5.74, 6) is 0. The average Bonchev–Trinajstić information content (AvgIpc) is 2.31. The molecule has 0 unspecified atom stereocenters. The highest BCUT2D eigenvalue weighted by molar-refractivity contribution is 6.74. The molecule has 0 amide bonds. The maximum absolute atomic E-state index is 6.23. The normalized spacial score (nSPS) is 12.8. The van der Waals surface area contributed by atoms with Crippen molar-refractivity contribution in [2.24, 2.45) is 0 Å². The smallest absolute Gasteiger partial charge is 0.191 e. The van der Waals surface area contributed by atoms with E-state index >= 15 is 0 Å². The molecule has 1 aromatic rings. The van der Waals surface area contributed by atoms with Gasteiger partial charge in [-0.05, 0) is 54.2 Å². The molecule has 1 nitrogen and oxygen atoms in total. The van der Waals surface area contributed by atoms with Gasteiger partial charge in [0.05, 0.1) is 10.0 Å². The summed E-state index contributed by atoms with van der Waals surface area (Å²) >= 11 is 12.2. The molecule has 0 bridgehead atoms. The van der Waals surface area contributed by atoms with Crippen LogP contribution in [-0.2, 0) is 17.3 Å². The summed E-state index contributed by atoms with van der Waals surface area (Å²) in [4.78, 5) is 0. The Bertz CT molecular complexity index is 464. The van der Waals surface area contributed by atoms with E-state index in [-0.39, 0.29) is 5.04 Å². The van der Waals surface area contributed by atoms with Gasteiger partial charge in [0.2, 0.25) is 0 Å². The van der Waals surface area contributed by atoms with Gasteiger partial charge in [0.1, 0.15) is 0 Å². The third-order valence-electron chi connectivity index (χ3n) is 4.26. The van der Waals surface area contributed by atoms with Crippen molar-refractivity contribution in [3.8, 4) is 0 Å². The summed E-state index contributed by atoms with van der Waals surface area (Å²) in [6.07, 6.45) is 1.86. The van der Waals surface area contributed by atoms with Crippen molar-refractivity contribution in [1.82, 2.24) is 0 Å². The molecular formula is C16H26Cl2OSi. The van der Waals surface area contributed by atoms with Crippen LogP contribution in [0.2, 0.25) is 28.2 Å². The van der Waals surface area contributed by atoms with Gasteiger partial charge in [-0.1, -0.05) is 50.9 Å². The van der Waals surface area contributed by atoms with Crippen LogP contribution in [0.3, 0.4) is 0 Å². The van der Waals surface area contributed by atoms with Gasteiger partial charge < -0.3 is 4.43 Å². The van der Waals surface area contributed by atoms with E-state index in [0.717, 1.165) is 19.4 Å². The predicted molar refractivity (Wildman–Crippen MR) is 92.7 cm³/mol. The Kier molecular flexibility index (Phi) is 6.15. The zero-order valence-electron chi connectivity index (χ0n) is 13.4. The van der Waals surface area contributed by atoms with Crippen molar-refractivity contribution >= 4 is 31.5 Å². The maximum atomic E-state index is 6.23. The fourth-order valence-corrected chi connectivity index (χ4v) is 3.24. The molecule has 0 aliphatic carbocycles. The van der Waals surface area contributed by atoms with Gasteiger partial charge in [0, 0.05) is 6.61 Å². The predicted octanol–water partition coefficient (Wildman–Crippen LogP) is 6.12. The molecule has 0 aliphatic heterocycles. The molecule has 20 heavy (non-hydrogen) atoms. The third kappa shape index (κ3) is 4.49. The zero-order valence-corrected chi connectivity index (χ0v) is 16.0. The van der Waals surface area contributed by atoms with Gasteiger partial charge in [0.15, 0.2) is 8.32 Å². The summed E-state index contributed by atoms with van der Waals surface area (Å²) in [7, 11) is -1.67. The highest BCUT2D eigenvalue weighted by Gasteiger charge is 2.36. The lowest BCUT2D eigenvalue weighted by Gasteiger charge is -2.36. The molecule has 0 aromatic heterocycles. The second-order valence-corrected chi connectivity index (χ2v) is 12.4. The maximum Gasteiger partial charge on any atom is 0.191 e. The molecule has 114 valence electrons. The van der Waals surface area contributed by atoms with Crippen molar-refractivity contribution < 1.29 is 4.43 Å². The lowest BCUT2D eigenvalue weighted by atomic mass is 10.0. The van der Waals surface area contributed by atoms with Crippen LogP contribution in [0.15, 0.2) is 12.1 Å². The second kappa shape index (κ2) is 6.82. The van der Waals surface area contributed by atoms with E-state index in [1.165, 1.54) is 11.1 Å². The Morgan fingerprint density at radius 3 is 2.00 bits per heavy atom. The number of hydrogen-bond donors (Lipinski definition) is 0. The molecular weight excluding hydrogens is 307 g/mol. The first kappa shape index (κ1) is 18.0. The van der Waals surface area contributed by atoms with E-state index in [9.17, 15) is 0 Å². The van der Waals surface area contributed by atoms with Gasteiger partial charge in [-0.2, -0.15) is 0 Å². The molecule has 0 saturated carbocycles. The Morgan fingerprint density at radius 1 is 1.05 bits per heavy atom. The molecule has 0 radical (unpaired) electrons. The first-order valence-corrected chi connectivity index (χ1v) is 10.9. The van der Waals surface area contributed by atoms with Crippen LogP contribution in [0.1, 0.15) is 38.8 Å². The van der Waals surface area contributed by atoms with E-state index in [1.807, 2.05) is 12.1 Å². The van der Waals surface area contributed by atoms with Crippen molar-refractivity contribution in [1.29, 1.82) is 0 Å². The van der Waals surface area contributed by atoms with Crippen molar-refractivity contribution in [2.45, 2.75) is 58.7 Å². The minimum Gasteiger partial charge on any atom is -0.416 e. The molecule has 4 heteroatoms. The highest BCUT2D eigenvalue weighted by atomic mass is 35.5. The number of aryl methyl sites for hydroxylation is 1. The van der Waals surface area contributed by atoms with E-state index in [0.29, 0.717) is 10.0 Å². The first-order chi connectivity index (χ1) is 9.08. The number of rotatable bonds is 5. The standard InChI is InChI=1S/C16H26Cl2OSi/c1-7-12-10-14(17)15(18)11-13(12)8-9-19-20(5,6)16(2,3)4/h10-11H,7-9H2,1-6H3.